The van der Waals surface area contributed by atoms with Crippen LogP contribution in [-0.4, -0.2) is 37.3 Å². The summed E-state index contributed by atoms with van der Waals surface area (Å²) in [5, 5.41) is 3.46. The predicted molar refractivity (Wildman–Crippen MR) is 89.5 cm³/mol. The summed E-state index contributed by atoms with van der Waals surface area (Å²) in [6.07, 6.45) is 4.79. The van der Waals surface area contributed by atoms with Gasteiger partial charge in [0.25, 0.3) is 0 Å². The third kappa shape index (κ3) is 4.24. The van der Waals surface area contributed by atoms with Crippen molar-refractivity contribution in [2.75, 3.05) is 32.4 Å². The van der Waals surface area contributed by atoms with E-state index in [1.54, 1.807) is 0 Å². The number of hydrogen-bond donors (Lipinski definition) is 1. The first-order valence-corrected chi connectivity index (χ1v) is 9.05. The highest BCUT2D eigenvalue weighted by molar-refractivity contribution is 7.98. The standard InChI is InChI=1S/C17H28N2S/c1-4-19(13-15-9-11-18-12-10-15)14(2)16-5-7-17(20-3)8-6-16/h5-8,14-15,18H,4,9-13H2,1-3H3. The lowest BCUT2D eigenvalue weighted by Crippen LogP contribution is -2.37. The first-order chi connectivity index (χ1) is 9.74. The van der Waals surface area contributed by atoms with Crippen LogP contribution in [0.3, 0.4) is 0 Å². The van der Waals surface area contributed by atoms with Gasteiger partial charge in [-0.25, -0.2) is 0 Å². The summed E-state index contributed by atoms with van der Waals surface area (Å²) in [6.45, 7) is 9.39. The summed E-state index contributed by atoms with van der Waals surface area (Å²) in [4.78, 5) is 3.98. The Balaban J connectivity index is 1.97. The van der Waals surface area contributed by atoms with E-state index in [1.807, 2.05) is 11.8 Å². The fourth-order valence-corrected chi connectivity index (χ4v) is 3.46. The number of hydrogen-bond acceptors (Lipinski definition) is 3. The molecule has 0 amide bonds. The minimum absolute atomic E-state index is 0.519. The Morgan fingerprint density at radius 1 is 1.25 bits per heavy atom. The van der Waals surface area contributed by atoms with Gasteiger partial charge in [-0.05, 0) is 69.3 Å². The maximum atomic E-state index is 3.46. The van der Waals surface area contributed by atoms with Gasteiger partial charge in [0.15, 0.2) is 0 Å². The summed E-state index contributed by atoms with van der Waals surface area (Å²) in [5.74, 6) is 0.865. The van der Waals surface area contributed by atoms with Gasteiger partial charge in [-0.2, -0.15) is 0 Å². The Hall–Kier alpha value is -0.510. The molecule has 0 aromatic heterocycles. The van der Waals surface area contributed by atoms with Gasteiger partial charge in [0, 0.05) is 17.5 Å². The van der Waals surface area contributed by atoms with Gasteiger partial charge < -0.3 is 5.32 Å². The highest BCUT2D eigenvalue weighted by atomic mass is 32.2. The lowest BCUT2D eigenvalue weighted by Gasteiger charge is -2.33. The van der Waals surface area contributed by atoms with Crippen LogP contribution in [0.25, 0.3) is 0 Å². The molecule has 0 bridgehead atoms. The SMILES string of the molecule is CCN(CC1CCNCC1)C(C)c1ccc(SC)cc1. The lowest BCUT2D eigenvalue weighted by atomic mass is 9.96. The van der Waals surface area contributed by atoms with Crippen LogP contribution in [0.1, 0.15) is 38.3 Å². The molecule has 20 heavy (non-hydrogen) atoms. The highest BCUT2D eigenvalue weighted by Crippen LogP contribution is 2.25. The number of thioether (sulfide) groups is 1. The van der Waals surface area contributed by atoms with E-state index in [4.69, 9.17) is 0 Å². The van der Waals surface area contributed by atoms with E-state index in [2.05, 4.69) is 54.6 Å². The van der Waals surface area contributed by atoms with Crippen molar-refractivity contribution in [3.8, 4) is 0 Å². The van der Waals surface area contributed by atoms with Crippen LogP contribution in [0.2, 0.25) is 0 Å². The molecule has 1 unspecified atom stereocenters. The number of rotatable bonds is 6. The zero-order valence-electron chi connectivity index (χ0n) is 13.1. The van der Waals surface area contributed by atoms with Crippen molar-refractivity contribution in [3.63, 3.8) is 0 Å². The molecule has 1 saturated heterocycles. The maximum Gasteiger partial charge on any atom is 0.0319 e. The van der Waals surface area contributed by atoms with Crippen molar-refractivity contribution in [1.29, 1.82) is 0 Å². The predicted octanol–water partition coefficient (Wildman–Crippen LogP) is 3.79. The van der Waals surface area contributed by atoms with Crippen molar-refractivity contribution < 1.29 is 0 Å². The first kappa shape index (κ1) is 15.9. The van der Waals surface area contributed by atoms with Gasteiger partial charge in [0.05, 0.1) is 0 Å². The molecule has 1 aromatic carbocycles. The molecule has 0 radical (unpaired) electrons. The van der Waals surface area contributed by atoms with Gasteiger partial charge in [-0.1, -0.05) is 19.1 Å². The minimum Gasteiger partial charge on any atom is -0.317 e. The topological polar surface area (TPSA) is 15.3 Å². The molecule has 1 heterocycles. The van der Waals surface area contributed by atoms with E-state index < -0.39 is 0 Å². The second-order valence-electron chi connectivity index (χ2n) is 5.73. The molecule has 0 saturated carbocycles. The second kappa shape index (κ2) is 8.06. The van der Waals surface area contributed by atoms with Crippen LogP contribution in [0.5, 0.6) is 0 Å². The third-order valence-electron chi connectivity index (χ3n) is 4.50. The average Bonchev–Trinajstić information content (AvgIpc) is 2.53. The molecule has 1 aliphatic rings. The van der Waals surface area contributed by atoms with Gasteiger partial charge >= 0.3 is 0 Å². The third-order valence-corrected chi connectivity index (χ3v) is 5.25. The zero-order chi connectivity index (χ0) is 14.4. The number of nitrogens with one attached hydrogen (secondary N) is 1. The van der Waals surface area contributed by atoms with Gasteiger partial charge in [-0.15, -0.1) is 11.8 Å². The molecule has 2 rings (SSSR count). The Bertz CT molecular complexity index is 384. The van der Waals surface area contributed by atoms with E-state index in [9.17, 15) is 0 Å². The fraction of sp³-hybridized carbons (Fsp3) is 0.647. The van der Waals surface area contributed by atoms with Crippen LogP contribution < -0.4 is 5.32 Å². The molecule has 1 aliphatic heterocycles. The Morgan fingerprint density at radius 2 is 1.90 bits per heavy atom. The van der Waals surface area contributed by atoms with E-state index in [0.29, 0.717) is 6.04 Å². The van der Waals surface area contributed by atoms with Crippen LogP contribution in [0.4, 0.5) is 0 Å². The van der Waals surface area contributed by atoms with Crippen molar-refractivity contribution in [1.82, 2.24) is 10.2 Å². The number of piperidine rings is 1. The molecule has 1 atom stereocenters. The molecule has 1 aromatic rings. The summed E-state index contributed by atoms with van der Waals surface area (Å²) < 4.78 is 0. The smallest absolute Gasteiger partial charge is 0.0319 e. The van der Waals surface area contributed by atoms with Gasteiger partial charge in [0.2, 0.25) is 0 Å². The van der Waals surface area contributed by atoms with Crippen molar-refractivity contribution in [2.24, 2.45) is 5.92 Å². The molecular weight excluding hydrogens is 264 g/mol. The molecular formula is C17H28N2S. The van der Waals surface area contributed by atoms with Crippen molar-refractivity contribution in [3.05, 3.63) is 29.8 Å². The Labute approximate surface area is 128 Å². The summed E-state index contributed by atoms with van der Waals surface area (Å²) >= 11 is 1.81. The van der Waals surface area contributed by atoms with Crippen LogP contribution >= 0.6 is 11.8 Å². The molecule has 3 heteroatoms. The first-order valence-electron chi connectivity index (χ1n) is 7.83. The number of benzene rings is 1. The Morgan fingerprint density at radius 3 is 2.45 bits per heavy atom. The summed E-state index contributed by atoms with van der Waals surface area (Å²) in [6, 6.07) is 9.60. The molecule has 1 N–H and O–H groups in total. The largest absolute Gasteiger partial charge is 0.317 e. The van der Waals surface area contributed by atoms with Crippen LogP contribution in [-0.2, 0) is 0 Å². The maximum absolute atomic E-state index is 3.46. The molecule has 2 nitrogen and oxygen atoms in total. The quantitative estimate of drug-likeness (QED) is 0.803. The zero-order valence-corrected chi connectivity index (χ0v) is 13.9. The fourth-order valence-electron chi connectivity index (χ4n) is 3.05. The average molecular weight is 292 g/mol. The lowest BCUT2D eigenvalue weighted by molar-refractivity contribution is 0.169. The molecule has 0 aliphatic carbocycles. The van der Waals surface area contributed by atoms with Gasteiger partial charge in [0.1, 0.15) is 0 Å². The van der Waals surface area contributed by atoms with Crippen molar-refractivity contribution in [2.45, 2.75) is 37.6 Å². The van der Waals surface area contributed by atoms with Gasteiger partial charge in [-0.3, -0.25) is 4.90 Å². The Kier molecular flexibility index (Phi) is 6.40. The highest BCUT2D eigenvalue weighted by Gasteiger charge is 2.20. The van der Waals surface area contributed by atoms with E-state index in [-0.39, 0.29) is 0 Å². The van der Waals surface area contributed by atoms with Crippen LogP contribution in [0.15, 0.2) is 29.2 Å². The summed E-state index contributed by atoms with van der Waals surface area (Å²) in [7, 11) is 0. The molecule has 112 valence electrons. The van der Waals surface area contributed by atoms with Crippen LogP contribution in [0, 0.1) is 5.92 Å². The van der Waals surface area contributed by atoms with E-state index in [1.165, 1.54) is 42.9 Å². The van der Waals surface area contributed by atoms with E-state index in [0.717, 1.165) is 12.5 Å². The van der Waals surface area contributed by atoms with E-state index >= 15 is 0 Å². The normalized spacial score (nSPS) is 18.4. The number of nitrogens with zero attached hydrogens (tertiary/aromatic N) is 1. The minimum atomic E-state index is 0.519. The second-order valence-corrected chi connectivity index (χ2v) is 6.61. The summed E-state index contributed by atoms with van der Waals surface area (Å²) in [5.41, 5.74) is 1.44. The van der Waals surface area contributed by atoms with Crippen molar-refractivity contribution >= 4 is 11.8 Å². The molecule has 1 fully saturated rings. The monoisotopic (exact) mass is 292 g/mol. The molecule has 0 spiro atoms.